The highest BCUT2D eigenvalue weighted by atomic mass is 16.5. The van der Waals surface area contributed by atoms with Crippen LogP contribution in [-0.4, -0.2) is 33.1 Å². The standard InChI is InChI=1S/C10H16N2O3/c1-7(12(2)3)5-6-8(9(11)13)10(14)15-4/h5-6H,1-4H3,(H2,11,13)/p+1/b7-5+,8-6+. The number of hydrogen-bond acceptors (Lipinski definition) is 3. The molecule has 5 heteroatoms. The number of rotatable bonds is 4. The first kappa shape index (κ1) is 13.4. The molecule has 0 spiro atoms. The van der Waals surface area contributed by atoms with Gasteiger partial charge in [0.1, 0.15) is 11.3 Å². The number of methoxy groups -OCH3 is 1. The van der Waals surface area contributed by atoms with Gasteiger partial charge in [0.15, 0.2) is 0 Å². The Labute approximate surface area is 89.2 Å². The number of quaternary nitrogens is 1. The molecule has 0 saturated carbocycles. The number of primary amides is 1. The topological polar surface area (TPSA) is 73.8 Å². The molecule has 0 aromatic rings. The van der Waals surface area contributed by atoms with Crippen molar-refractivity contribution in [1.29, 1.82) is 0 Å². The highest BCUT2D eigenvalue weighted by Crippen LogP contribution is 1.97. The first-order chi connectivity index (χ1) is 6.90. The Morgan fingerprint density at radius 2 is 1.80 bits per heavy atom. The van der Waals surface area contributed by atoms with E-state index in [1.807, 2.05) is 21.0 Å². The van der Waals surface area contributed by atoms with Crippen molar-refractivity contribution >= 4 is 11.9 Å². The molecule has 0 aromatic heterocycles. The van der Waals surface area contributed by atoms with Crippen molar-refractivity contribution in [3.05, 3.63) is 23.4 Å². The van der Waals surface area contributed by atoms with E-state index in [1.54, 1.807) is 6.08 Å². The Morgan fingerprint density at radius 3 is 2.13 bits per heavy atom. The minimum atomic E-state index is -0.792. The Balaban J connectivity index is 4.95. The van der Waals surface area contributed by atoms with Crippen LogP contribution in [-0.2, 0) is 14.3 Å². The number of esters is 1. The van der Waals surface area contributed by atoms with Gasteiger partial charge in [-0.2, -0.15) is 0 Å². The number of allylic oxidation sites excluding steroid dienone is 3. The highest BCUT2D eigenvalue weighted by molar-refractivity contribution is 6.15. The molecule has 0 aliphatic rings. The fourth-order valence-corrected chi connectivity index (χ4v) is 0.736. The van der Waals surface area contributed by atoms with E-state index in [2.05, 4.69) is 4.74 Å². The molecule has 0 heterocycles. The summed E-state index contributed by atoms with van der Waals surface area (Å²) in [5, 5.41) is 0. The quantitative estimate of drug-likeness (QED) is 0.199. The van der Waals surface area contributed by atoms with Crippen LogP contribution in [0.5, 0.6) is 0 Å². The number of nitrogens with one attached hydrogen (secondary N) is 1. The summed E-state index contributed by atoms with van der Waals surface area (Å²) in [5.74, 6) is -1.51. The largest absolute Gasteiger partial charge is 0.465 e. The summed E-state index contributed by atoms with van der Waals surface area (Å²) >= 11 is 0. The second-order valence-corrected chi connectivity index (χ2v) is 3.29. The number of hydrogen-bond donors (Lipinski definition) is 2. The molecule has 0 aliphatic heterocycles. The average molecular weight is 213 g/mol. The lowest BCUT2D eigenvalue weighted by Gasteiger charge is -2.05. The van der Waals surface area contributed by atoms with Crippen LogP contribution in [0.2, 0.25) is 0 Å². The molecule has 1 amide bonds. The Morgan fingerprint density at radius 1 is 1.27 bits per heavy atom. The SMILES string of the molecule is COC(=O)/C(=C/C=C(\C)[NH+](C)C)C(N)=O. The number of amides is 1. The van der Waals surface area contributed by atoms with Gasteiger partial charge in [0.2, 0.25) is 0 Å². The molecular weight excluding hydrogens is 196 g/mol. The molecule has 0 saturated heterocycles. The third-order valence-electron chi connectivity index (χ3n) is 1.96. The van der Waals surface area contributed by atoms with E-state index in [9.17, 15) is 9.59 Å². The minimum Gasteiger partial charge on any atom is -0.465 e. The van der Waals surface area contributed by atoms with Gasteiger partial charge in [0, 0.05) is 6.92 Å². The fourth-order valence-electron chi connectivity index (χ4n) is 0.736. The summed E-state index contributed by atoms with van der Waals surface area (Å²) in [7, 11) is 5.07. The Bertz CT molecular complexity index is 317. The molecule has 15 heavy (non-hydrogen) atoms. The van der Waals surface area contributed by atoms with E-state index in [-0.39, 0.29) is 5.57 Å². The maximum absolute atomic E-state index is 11.1. The van der Waals surface area contributed by atoms with Crippen LogP contribution >= 0.6 is 0 Å². The molecule has 3 N–H and O–H groups in total. The zero-order chi connectivity index (χ0) is 12.0. The first-order valence-electron chi connectivity index (χ1n) is 4.47. The minimum absolute atomic E-state index is 0.155. The summed E-state index contributed by atoms with van der Waals surface area (Å²) < 4.78 is 4.42. The van der Waals surface area contributed by atoms with E-state index in [0.29, 0.717) is 0 Å². The molecule has 5 nitrogen and oxygen atoms in total. The average Bonchev–Trinajstić information content (AvgIpc) is 2.16. The van der Waals surface area contributed by atoms with Gasteiger partial charge in [-0.25, -0.2) is 4.79 Å². The van der Waals surface area contributed by atoms with Crippen LogP contribution in [0.15, 0.2) is 23.4 Å². The summed E-state index contributed by atoms with van der Waals surface area (Å²) in [6, 6.07) is 0. The van der Waals surface area contributed by atoms with Gasteiger partial charge in [-0.1, -0.05) is 0 Å². The fraction of sp³-hybridized carbons (Fsp3) is 0.400. The smallest absolute Gasteiger partial charge is 0.343 e. The molecular formula is C10H17N2O3+. The van der Waals surface area contributed by atoms with Crippen LogP contribution in [0.1, 0.15) is 6.92 Å². The van der Waals surface area contributed by atoms with Crippen LogP contribution in [0.4, 0.5) is 0 Å². The molecule has 84 valence electrons. The zero-order valence-corrected chi connectivity index (χ0v) is 9.46. The van der Waals surface area contributed by atoms with E-state index in [1.165, 1.54) is 13.2 Å². The molecule has 0 rings (SSSR count). The van der Waals surface area contributed by atoms with E-state index in [0.717, 1.165) is 10.6 Å². The maximum atomic E-state index is 11.1. The third-order valence-corrected chi connectivity index (χ3v) is 1.96. The lowest BCUT2D eigenvalue weighted by molar-refractivity contribution is -0.816. The molecule has 0 aliphatic carbocycles. The molecule has 0 fully saturated rings. The van der Waals surface area contributed by atoms with E-state index < -0.39 is 11.9 Å². The van der Waals surface area contributed by atoms with Gasteiger partial charge in [-0.15, -0.1) is 0 Å². The molecule has 0 radical (unpaired) electrons. The van der Waals surface area contributed by atoms with Crippen LogP contribution in [0.25, 0.3) is 0 Å². The lowest BCUT2D eigenvalue weighted by atomic mass is 10.2. The molecule has 0 aromatic carbocycles. The summed E-state index contributed by atoms with van der Waals surface area (Å²) in [4.78, 5) is 23.1. The monoisotopic (exact) mass is 213 g/mol. The van der Waals surface area contributed by atoms with Gasteiger partial charge in [0.25, 0.3) is 5.91 Å². The predicted octanol–water partition coefficient (Wildman–Crippen LogP) is -1.38. The predicted molar refractivity (Wildman–Crippen MR) is 55.9 cm³/mol. The van der Waals surface area contributed by atoms with Gasteiger partial charge in [0.05, 0.1) is 21.2 Å². The number of nitrogens with two attached hydrogens (primary N) is 1. The number of carbonyl (C=O) groups excluding carboxylic acids is 2. The summed E-state index contributed by atoms with van der Waals surface area (Å²) in [5.41, 5.74) is 5.85. The Kier molecular flexibility index (Phi) is 5.33. The maximum Gasteiger partial charge on any atom is 0.343 e. The summed E-state index contributed by atoms with van der Waals surface area (Å²) in [6.45, 7) is 1.88. The second-order valence-electron chi connectivity index (χ2n) is 3.29. The van der Waals surface area contributed by atoms with Crippen molar-refractivity contribution in [3.8, 4) is 0 Å². The Hall–Kier alpha value is -1.62. The van der Waals surface area contributed by atoms with Crippen molar-refractivity contribution in [3.63, 3.8) is 0 Å². The van der Waals surface area contributed by atoms with Crippen molar-refractivity contribution in [2.24, 2.45) is 5.73 Å². The highest BCUT2D eigenvalue weighted by Gasteiger charge is 2.14. The van der Waals surface area contributed by atoms with Gasteiger partial charge in [-0.05, 0) is 12.2 Å². The van der Waals surface area contributed by atoms with Crippen molar-refractivity contribution in [2.45, 2.75) is 6.92 Å². The van der Waals surface area contributed by atoms with Crippen molar-refractivity contribution in [1.82, 2.24) is 0 Å². The van der Waals surface area contributed by atoms with Crippen molar-refractivity contribution < 1.29 is 19.2 Å². The molecule has 0 atom stereocenters. The van der Waals surface area contributed by atoms with Crippen LogP contribution < -0.4 is 10.6 Å². The van der Waals surface area contributed by atoms with E-state index >= 15 is 0 Å². The molecule has 0 unspecified atom stereocenters. The van der Waals surface area contributed by atoms with Gasteiger partial charge >= 0.3 is 5.97 Å². The zero-order valence-electron chi connectivity index (χ0n) is 9.46. The molecule has 0 bridgehead atoms. The first-order valence-corrected chi connectivity index (χ1v) is 4.47. The van der Waals surface area contributed by atoms with Crippen molar-refractivity contribution in [2.75, 3.05) is 21.2 Å². The van der Waals surface area contributed by atoms with Crippen LogP contribution in [0.3, 0.4) is 0 Å². The van der Waals surface area contributed by atoms with Gasteiger partial charge in [-0.3, -0.25) is 4.79 Å². The third kappa shape index (κ3) is 4.42. The van der Waals surface area contributed by atoms with Gasteiger partial charge < -0.3 is 15.4 Å². The second kappa shape index (κ2) is 5.98. The number of carbonyl (C=O) groups is 2. The summed E-state index contributed by atoms with van der Waals surface area (Å²) in [6.07, 6.45) is 3.03. The number of ether oxygens (including phenoxy) is 1. The van der Waals surface area contributed by atoms with Crippen LogP contribution in [0, 0.1) is 0 Å². The lowest BCUT2D eigenvalue weighted by Crippen LogP contribution is -3.03. The normalized spacial score (nSPS) is 12.9. The van der Waals surface area contributed by atoms with E-state index in [4.69, 9.17) is 5.73 Å².